The van der Waals surface area contributed by atoms with Gasteiger partial charge in [-0.05, 0) is 11.4 Å². The van der Waals surface area contributed by atoms with E-state index in [2.05, 4.69) is 0 Å². The van der Waals surface area contributed by atoms with E-state index in [1.54, 1.807) is 23.3 Å². The van der Waals surface area contributed by atoms with Crippen LogP contribution in [-0.4, -0.2) is 27.0 Å². The molecule has 0 aliphatic rings. The summed E-state index contributed by atoms with van der Waals surface area (Å²) in [4.78, 5) is 37.8. The minimum Gasteiger partial charge on any atom is -0.339 e. The average molecular weight is 293 g/mol. The fraction of sp³-hybridized carbons (Fsp3) is 0.308. The van der Waals surface area contributed by atoms with Gasteiger partial charge < -0.3 is 4.90 Å². The standard InChI is InChI=1S/C13H15N3O3S/c1-14(8-10-4-3-7-20-10)12(18)9-16-6-5-11(17)15(2)13(16)19/h3-7H,8-9H2,1-2H3. The molecule has 0 fully saturated rings. The number of nitrogens with zero attached hydrogens (tertiary/aromatic N) is 3. The molecule has 20 heavy (non-hydrogen) atoms. The summed E-state index contributed by atoms with van der Waals surface area (Å²) in [5, 5.41) is 1.95. The van der Waals surface area contributed by atoms with Crippen LogP contribution in [0.15, 0.2) is 39.4 Å². The lowest BCUT2D eigenvalue weighted by Crippen LogP contribution is -2.40. The van der Waals surface area contributed by atoms with E-state index >= 15 is 0 Å². The van der Waals surface area contributed by atoms with Crippen LogP contribution in [0.1, 0.15) is 4.88 Å². The molecule has 0 N–H and O–H groups in total. The quantitative estimate of drug-likeness (QED) is 0.812. The smallest absolute Gasteiger partial charge is 0.331 e. The van der Waals surface area contributed by atoms with E-state index in [0.29, 0.717) is 6.54 Å². The third-order valence-corrected chi connectivity index (χ3v) is 3.83. The van der Waals surface area contributed by atoms with Gasteiger partial charge in [-0.2, -0.15) is 0 Å². The van der Waals surface area contributed by atoms with Crippen LogP contribution >= 0.6 is 11.3 Å². The Morgan fingerprint density at radius 1 is 1.35 bits per heavy atom. The van der Waals surface area contributed by atoms with E-state index in [1.807, 2.05) is 17.5 Å². The highest BCUT2D eigenvalue weighted by atomic mass is 32.1. The molecule has 2 rings (SSSR count). The van der Waals surface area contributed by atoms with E-state index in [-0.39, 0.29) is 18.0 Å². The minimum atomic E-state index is -0.490. The largest absolute Gasteiger partial charge is 0.339 e. The second-order valence-electron chi connectivity index (χ2n) is 4.45. The lowest BCUT2D eigenvalue weighted by Gasteiger charge is -2.17. The van der Waals surface area contributed by atoms with E-state index in [1.165, 1.54) is 23.9 Å². The van der Waals surface area contributed by atoms with E-state index < -0.39 is 5.69 Å². The number of rotatable bonds is 4. The summed E-state index contributed by atoms with van der Waals surface area (Å²) in [7, 11) is 3.08. The van der Waals surface area contributed by atoms with Crippen LogP contribution in [0.2, 0.25) is 0 Å². The van der Waals surface area contributed by atoms with Crippen molar-refractivity contribution in [3.63, 3.8) is 0 Å². The van der Waals surface area contributed by atoms with Gasteiger partial charge in [0.05, 0.1) is 6.54 Å². The van der Waals surface area contributed by atoms with Gasteiger partial charge in [-0.25, -0.2) is 4.79 Å². The lowest BCUT2D eigenvalue weighted by atomic mass is 10.4. The third-order valence-electron chi connectivity index (χ3n) is 2.96. The first kappa shape index (κ1) is 14.3. The predicted molar refractivity (Wildman–Crippen MR) is 76.7 cm³/mol. The summed E-state index contributed by atoms with van der Waals surface area (Å²) >= 11 is 1.57. The molecule has 0 saturated carbocycles. The number of amides is 1. The predicted octanol–water partition coefficient (Wildman–Crippen LogP) is 0.267. The Morgan fingerprint density at radius 3 is 2.75 bits per heavy atom. The number of likely N-dealkylation sites (N-methyl/N-ethyl adjacent to an activating group) is 1. The van der Waals surface area contributed by atoms with Crippen molar-refractivity contribution in [3.05, 3.63) is 55.5 Å². The third kappa shape index (κ3) is 3.05. The van der Waals surface area contributed by atoms with Gasteiger partial charge >= 0.3 is 5.69 Å². The van der Waals surface area contributed by atoms with Gasteiger partial charge in [0.15, 0.2) is 0 Å². The Bertz CT molecular complexity index is 715. The van der Waals surface area contributed by atoms with E-state index in [9.17, 15) is 14.4 Å². The SMILES string of the molecule is CN(Cc1cccs1)C(=O)Cn1ccc(=O)n(C)c1=O. The molecule has 6 nitrogen and oxygen atoms in total. The molecule has 2 aromatic rings. The number of hydrogen-bond acceptors (Lipinski definition) is 4. The maximum atomic E-state index is 12.1. The van der Waals surface area contributed by atoms with Crippen LogP contribution in [0.3, 0.4) is 0 Å². The van der Waals surface area contributed by atoms with Crippen molar-refractivity contribution in [2.75, 3.05) is 7.05 Å². The second kappa shape index (κ2) is 5.87. The fourth-order valence-corrected chi connectivity index (χ4v) is 2.48. The van der Waals surface area contributed by atoms with Gasteiger partial charge in [0, 0.05) is 31.2 Å². The maximum Gasteiger partial charge on any atom is 0.331 e. The zero-order valence-corrected chi connectivity index (χ0v) is 12.1. The van der Waals surface area contributed by atoms with Crippen molar-refractivity contribution in [1.82, 2.24) is 14.0 Å². The van der Waals surface area contributed by atoms with Gasteiger partial charge in [0.25, 0.3) is 5.56 Å². The Kier molecular flexibility index (Phi) is 4.19. The minimum absolute atomic E-state index is 0.0746. The topological polar surface area (TPSA) is 64.3 Å². The zero-order valence-electron chi connectivity index (χ0n) is 11.3. The molecular formula is C13H15N3O3S. The number of aromatic nitrogens is 2. The molecule has 0 atom stereocenters. The Labute approximate surface area is 119 Å². The first-order valence-corrected chi connectivity index (χ1v) is 6.90. The molecule has 0 aromatic carbocycles. The fourth-order valence-electron chi connectivity index (χ4n) is 1.73. The normalized spacial score (nSPS) is 10.5. The van der Waals surface area contributed by atoms with Gasteiger partial charge in [0.2, 0.25) is 5.91 Å². The number of carbonyl (C=O) groups excluding carboxylic acids is 1. The van der Waals surface area contributed by atoms with Crippen LogP contribution in [0.4, 0.5) is 0 Å². The Hall–Kier alpha value is -2.15. The molecular weight excluding hydrogens is 278 g/mol. The van der Waals surface area contributed by atoms with Gasteiger partial charge in [0.1, 0.15) is 6.54 Å². The molecule has 0 radical (unpaired) electrons. The molecule has 0 aliphatic heterocycles. The summed E-state index contributed by atoms with van der Waals surface area (Å²) in [6, 6.07) is 5.15. The van der Waals surface area contributed by atoms with Crippen LogP contribution in [0.25, 0.3) is 0 Å². The van der Waals surface area contributed by atoms with Gasteiger partial charge in [-0.1, -0.05) is 6.07 Å². The molecule has 7 heteroatoms. The average Bonchev–Trinajstić information content (AvgIpc) is 2.92. The van der Waals surface area contributed by atoms with Gasteiger partial charge in [-0.3, -0.25) is 18.7 Å². The summed E-state index contributed by atoms with van der Waals surface area (Å²) in [5.41, 5.74) is -0.874. The highest BCUT2D eigenvalue weighted by Crippen LogP contribution is 2.10. The Morgan fingerprint density at radius 2 is 2.10 bits per heavy atom. The van der Waals surface area contributed by atoms with Crippen LogP contribution in [0, 0.1) is 0 Å². The second-order valence-corrected chi connectivity index (χ2v) is 5.48. The van der Waals surface area contributed by atoms with Crippen LogP contribution in [-0.2, 0) is 24.9 Å². The molecule has 0 aliphatic carbocycles. The van der Waals surface area contributed by atoms with Crippen LogP contribution < -0.4 is 11.2 Å². The molecule has 0 saturated heterocycles. The van der Waals surface area contributed by atoms with Crippen molar-refractivity contribution < 1.29 is 4.79 Å². The first-order valence-electron chi connectivity index (χ1n) is 6.02. The van der Waals surface area contributed by atoms with Crippen molar-refractivity contribution >= 4 is 17.2 Å². The summed E-state index contributed by atoms with van der Waals surface area (Å²) in [6.45, 7) is 0.436. The molecule has 2 aromatic heterocycles. The number of carbonyl (C=O) groups is 1. The maximum absolute atomic E-state index is 12.1. The van der Waals surface area contributed by atoms with Crippen molar-refractivity contribution in [2.24, 2.45) is 7.05 Å². The molecule has 1 amide bonds. The molecule has 106 valence electrons. The summed E-state index contributed by atoms with van der Waals surface area (Å²) in [5.74, 6) is -0.181. The van der Waals surface area contributed by atoms with Gasteiger partial charge in [-0.15, -0.1) is 11.3 Å². The lowest BCUT2D eigenvalue weighted by molar-refractivity contribution is -0.131. The molecule has 0 unspecified atom stereocenters. The van der Waals surface area contributed by atoms with Crippen molar-refractivity contribution in [2.45, 2.75) is 13.1 Å². The molecule has 0 spiro atoms. The number of thiophene rings is 1. The molecule has 2 heterocycles. The molecule has 0 bridgehead atoms. The van der Waals surface area contributed by atoms with E-state index in [4.69, 9.17) is 0 Å². The van der Waals surface area contributed by atoms with Crippen LogP contribution in [0.5, 0.6) is 0 Å². The Balaban J connectivity index is 2.10. The first-order chi connectivity index (χ1) is 9.49. The number of hydrogen-bond donors (Lipinski definition) is 0. The van der Waals surface area contributed by atoms with Crippen molar-refractivity contribution in [1.29, 1.82) is 0 Å². The van der Waals surface area contributed by atoms with Crippen molar-refractivity contribution in [3.8, 4) is 0 Å². The highest BCUT2D eigenvalue weighted by Gasteiger charge is 2.12. The highest BCUT2D eigenvalue weighted by molar-refractivity contribution is 7.09. The van der Waals surface area contributed by atoms with E-state index in [0.717, 1.165) is 9.44 Å². The zero-order chi connectivity index (χ0) is 14.7. The summed E-state index contributed by atoms with van der Waals surface area (Å²) in [6.07, 6.45) is 1.35. The monoisotopic (exact) mass is 293 g/mol. The summed E-state index contributed by atoms with van der Waals surface area (Å²) < 4.78 is 2.21.